The van der Waals surface area contributed by atoms with Gasteiger partial charge in [-0.1, -0.05) is 6.07 Å². The molecule has 0 aliphatic rings. The van der Waals surface area contributed by atoms with E-state index in [-0.39, 0.29) is 17.7 Å². The van der Waals surface area contributed by atoms with E-state index in [1.54, 1.807) is 51.5 Å². The maximum Gasteiger partial charge on any atom is 0.251 e. The van der Waals surface area contributed by atoms with E-state index in [0.717, 1.165) is 5.56 Å². The number of benzene rings is 2. The molecule has 152 valence electrons. The summed E-state index contributed by atoms with van der Waals surface area (Å²) in [5.74, 6) is 0.959. The maximum absolute atomic E-state index is 12.5. The lowest BCUT2D eigenvalue weighted by Gasteiger charge is -2.19. The van der Waals surface area contributed by atoms with Crippen LogP contribution >= 0.6 is 0 Å². The van der Waals surface area contributed by atoms with Gasteiger partial charge in [0, 0.05) is 12.6 Å². The van der Waals surface area contributed by atoms with Crippen LogP contribution in [0.3, 0.4) is 0 Å². The van der Waals surface area contributed by atoms with Gasteiger partial charge in [-0.25, -0.2) is 8.42 Å². The Kier molecular flexibility index (Phi) is 6.90. The largest absolute Gasteiger partial charge is 0.493 e. The van der Waals surface area contributed by atoms with E-state index in [2.05, 4.69) is 5.32 Å². The van der Waals surface area contributed by atoms with Crippen LogP contribution in [0.25, 0.3) is 0 Å². The fraction of sp³-hybridized carbons (Fsp3) is 0.350. The summed E-state index contributed by atoms with van der Waals surface area (Å²) in [6.07, 6.45) is 0. The van der Waals surface area contributed by atoms with Gasteiger partial charge in [-0.05, 0) is 55.8 Å². The number of hydrogen-bond donors (Lipinski definition) is 1. The van der Waals surface area contributed by atoms with E-state index in [1.807, 2.05) is 19.1 Å². The summed E-state index contributed by atoms with van der Waals surface area (Å²) >= 11 is 0. The summed E-state index contributed by atoms with van der Waals surface area (Å²) in [4.78, 5) is 12.5. The molecule has 0 aliphatic heterocycles. The zero-order valence-electron chi connectivity index (χ0n) is 16.7. The highest BCUT2D eigenvalue weighted by Crippen LogP contribution is 2.30. The highest BCUT2D eigenvalue weighted by atomic mass is 32.2. The van der Waals surface area contributed by atoms with Crippen LogP contribution in [0.15, 0.2) is 42.5 Å². The number of sulfonamides is 1. The van der Waals surface area contributed by atoms with E-state index < -0.39 is 10.0 Å². The van der Waals surface area contributed by atoms with Crippen LogP contribution in [0.1, 0.15) is 35.8 Å². The first-order chi connectivity index (χ1) is 13.2. The molecule has 0 aromatic heterocycles. The summed E-state index contributed by atoms with van der Waals surface area (Å²) in [6, 6.07) is 11.6. The van der Waals surface area contributed by atoms with Gasteiger partial charge >= 0.3 is 0 Å². The third-order valence-corrected chi connectivity index (χ3v) is 6.31. The molecule has 7 nitrogen and oxygen atoms in total. The van der Waals surface area contributed by atoms with Crippen molar-refractivity contribution >= 4 is 21.6 Å². The molecular weight excluding hydrogens is 380 g/mol. The Morgan fingerprint density at radius 3 is 2.21 bits per heavy atom. The van der Waals surface area contributed by atoms with Crippen molar-refractivity contribution in [2.45, 2.75) is 19.9 Å². The molecule has 0 spiro atoms. The highest BCUT2D eigenvalue weighted by molar-refractivity contribution is 7.92. The smallest absolute Gasteiger partial charge is 0.251 e. The molecule has 0 saturated heterocycles. The Morgan fingerprint density at radius 1 is 1.07 bits per heavy atom. The third-order valence-electron chi connectivity index (χ3n) is 4.53. The average molecular weight is 407 g/mol. The number of methoxy groups -OCH3 is 2. The van der Waals surface area contributed by atoms with Crippen LogP contribution in [-0.4, -0.2) is 41.3 Å². The minimum absolute atomic E-state index is 0.00851. The van der Waals surface area contributed by atoms with E-state index in [9.17, 15) is 13.2 Å². The summed E-state index contributed by atoms with van der Waals surface area (Å²) in [6.45, 7) is 3.46. The lowest BCUT2D eigenvalue weighted by Crippen LogP contribution is -2.28. The second kappa shape index (κ2) is 8.97. The highest BCUT2D eigenvalue weighted by Gasteiger charge is 2.17. The molecule has 0 fully saturated rings. The number of nitrogens with zero attached hydrogens (tertiary/aromatic N) is 1. The predicted molar refractivity (Wildman–Crippen MR) is 110 cm³/mol. The maximum atomic E-state index is 12.5. The number of carbonyl (C=O) groups is 1. The van der Waals surface area contributed by atoms with Gasteiger partial charge in [0.2, 0.25) is 10.0 Å². The van der Waals surface area contributed by atoms with E-state index >= 15 is 0 Å². The van der Waals surface area contributed by atoms with Crippen molar-refractivity contribution in [3.63, 3.8) is 0 Å². The van der Waals surface area contributed by atoms with Gasteiger partial charge in [0.15, 0.2) is 11.5 Å². The van der Waals surface area contributed by atoms with Crippen LogP contribution in [0.4, 0.5) is 5.69 Å². The van der Waals surface area contributed by atoms with Crippen LogP contribution in [0.2, 0.25) is 0 Å². The molecule has 0 heterocycles. The van der Waals surface area contributed by atoms with Crippen LogP contribution in [0.5, 0.6) is 11.5 Å². The Morgan fingerprint density at radius 2 is 1.68 bits per heavy atom. The summed E-state index contributed by atoms with van der Waals surface area (Å²) in [7, 11) is 1.27. The fourth-order valence-corrected chi connectivity index (χ4v) is 3.49. The predicted octanol–water partition coefficient (Wildman–Crippen LogP) is 2.98. The van der Waals surface area contributed by atoms with E-state index in [1.165, 1.54) is 11.4 Å². The van der Waals surface area contributed by atoms with Crippen molar-refractivity contribution in [2.24, 2.45) is 0 Å². The first kappa shape index (κ1) is 21.6. The molecule has 0 unspecified atom stereocenters. The number of hydrogen-bond acceptors (Lipinski definition) is 5. The Balaban J connectivity index is 2.12. The molecule has 1 amide bonds. The summed E-state index contributed by atoms with van der Waals surface area (Å²) in [5.41, 5.74) is 1.82. The number of nitrogens with one attached hydrogen (secondary N) is 1. The van der Waals surface area contributed by atoms with Gasteiger partial charge in [0.25, 0.3) is 5.91 Å². The number of ether oxygens (including phenoxy) is 2. The summed E-state index contributed by atoms with van der Waals surface area (Å²) < 4.78 is 35.6. The molecule has 2 rings (SSSR count). The van der Waals surface area contributed by atoms with Crippen molar-refractivity contribution in [1.82, 2.24) is 5.32 Å². The van der Waals surface area contributed by atoms with Crippen molar-refractivity contribution < 1.29 is 22.7 Å². The topological polar surface area (TPSA) is 84.9 Å². The standard InChI is InChI=1S/C20H26N2O5S/c1-6-28(24,25)22(3)17-10-7-15(8-11-17)20(23)21-14(2)16-9-12-18(26-4)19(13-16)27-5/h7-14H,6H2,1-5H3,(H,21,23)/t14-/m1/s1. The van der Waals surface area contributed by atoms with Crippen LogP contribution in [0, 0.1) is 0 Å². The van der Waals surface area contributed by atoms with Crippen molar-refractivity contribution in [3.05, 3.63) is 53.6 Å². The molecule has 2 aromatic carbocycles. The number of rotatable bonds is 8. The lowest BCUT2D eigenvalue weighted by molar-refractivity contribution is 0.0940. The monoisotopic (exact) mass is 406 g/mol. The number of carbonyl (C=O) groups excluding carboxylic acids is 1. The number of anilines is 1. The zero-order chi connectivity index (χ0) is 20.9. The average Bonchev–Trinajstić information content (AvgIpc) is 2.72. The normalized spacial score (nSPS) is 12.2. The quantitative estimate of drug-likeness (QED) is 0.728. The van der Waals surface area contributed by atoms with Gasteiger partial charge in [-0.15, -0.1) is 0 Å². The molecule has 8 heteroatoms. The first-order valence-corrected chi connectivity index (χ1v) is 10.4. The van der Waals surface area contributed by atoms with Gasteiger partial charge in [0.05, 0.1) is 31.7 Å². The van der Waals surface area contributed by atoms with Crippen molar-refractivity contribution in [3.8, 4) is 11.5 Å². The molecule has 28 heavy (non-hydrogen) atoms. The Bertz CT molecular complexity index is 926. The SMILES string of the molecule is CCS(=O)(=O)N(C)c1ccc(C(=O)N[C@H](C)c2ccc(OC)c(OC)c2)cc1. The van der Waals surface area contributed by atoms with Crippen LogP contribution in [-0.2, 0) is 10.0 Å². The van der Waals surface area contributed by atoms with Crippen molar-refractivity contribution in [1.29, 1.82) is 0 Å². The molecule has 0 radical (unpaired) electrons. The molecule has 0 bridgehead atoms. The molecule has 0 saturated carbocycles. The molecular formula is C20H26N2O5S. The second-order valence-electron chi connectivity index (χ2n) is 6.22. The first-order valence-electron chi connectivity index (χ1n) is 8.83. The molecule has 0 aliphatic carbocycles. The minimum Gasteiger partial charge on any atom is -0.493 e. The van der Waals surface area contributed by atoms with E-state index in [0.29, 0.717) is 22.7 Å². The minimum atomic E-state index is -3.34. The van der Waals surface area contributed by atoms with Gasteiger partial charge in [-0.3, -0.25) is 9.10 Å². The molecule has 1 atom stereocenters. The lowest BCUT2D eigenvalue weighted by atomic mass is 10.1. The Hall–Kier alpha value is -2.74. The van der Waals surface area contributed by atoms with Gasteiger partial charge < -0.3 is 14.8 Å². The molecule has 2 aromatic rings. The second-order valence-corrected chi connectivity index (χ2v) is 8.51. The fourth-order valence-electron chi connectivity index (χ4n) is 2.66. The number of amides is 1. The van der Waals surface area contributed by atoms with Gasteiger partial charge in [0.1, 0.15) is 0 Å². The van der Waals surface area contributed by atoms with Gasteiger partial charge in [-0.2, -0.15) is 0 Å². The molecule has 1 N–H and O–H groups in total. The third kappa shape index (κ3) is 4.75. The van der Waals surface area contributed by atoms with Crippen molar-refractivity contribution in [2.75, 3.05) is 31.3 Å². The van der Waals surface area contributed by atoms with Crippen LogP contribution < -0.4 is 19.1 Å². The zero-order valence-corrected chi connectivity index (χ0v) is 17.5. The Labute approximate surface area is 166 Å². The van der Waals surface area contributed by atoms with E-state index in [4.69, 9.17) is 9.47 Å². The summed E-state index contributed by atoms with van der Waals surface area (Å²) in [5, 5.41) is 2.92.